The lowest BCUT2D eigenvalue weighted by molar-refractivity contribution is 0.308. The maximum atomic E-state index is 6.73. The summed E-state index contributed by atoms with van der Waals surface area (Å²) in [5, 5.41) is 4.23. The van der Waals surface area contributed by atoms with Crippen molar-refractivity contribution in [2.24, 2.45) is 0 Å². The van der Waals surface area contributed by atoms with Crippen molar-refractivity contribution in [1.29, 1.82) is 0 Å². The Morgan fingerprint density at radius 1 is 0.500 bits per heavy atom. The zero-order valence-electron chi connectivity index (χ0n) is 25.6. The van der Waals surface area contributed by atoms with Gasteiger partial charge in [-0.25, -0.2) is 0 Å². The van der Waals surface area contributed by atoms with Gasteiger partial charge in [0.1, 0.15) is 47.7 Å². The standard InChI is InChI=1S/C42H30O4/c1-25-7-18-37-40(26(25)2)42(44-24-28-10-14-30(15-11-28)34-20-17-32-22-39(34)46-32)36-6-4-3-5-35(36)41(37)43-23-27-8-12-29(13-9-27)33-19-16-31-21-38(33)45-31/h3-22H,23-24H2,1-2H3. The van der Waals surface area contributed by atoms with E-state index in [1.807, 2.05) is 12.1 Å². The molecule has 4 aliphatic heterocycles. The lowest BCUT2D eigenvalue weighted by Gasteiger charge is -2.21. The van der Waals surface area contributed by atoms with E-state index < -0.39 is 0 Å². The van der Waals surface area contributed by atoms with Gasteiger partial charge in [-0.2, -0.15) is 0 Å². The molecule has 0 aromatic heterocycles. The maximum absolute atomic E-state index is 6.73. The molecule has 0 fully saturated rings. The molecule has 4 heterocycles. The van der Waals surface area contributed by atoms with Crippen molar-refractivity contribution in [3.63, 3.8) is 0 Å². The highest BCUT2D eigenvalue weighted by Gasteiger charge is 2.20. The van der Waals surface area contributed by atoms with E-state index in [1.165, 1.54) is 11.1 Å². The number of rotatable bonds is 8. The fourth-order valence-corrected chi connectivity index (χ4v) is 6.55. The summed E-state index contributed by atoms with van der Waals surface area (Å²) in [5.41, 5.74) is 9.11. The van der Waals surface area contributed by atoms with Gasteiger partial charge < -0.3 is 18.9 Å². The molecule has 0 saturated heterocycles. The van der Waals surface area contributed by atoms with Crippen LogP contribution in [0.2, 0.25) is 0 Å². The van der Waals surface area contributed by atoms with Crippen LogP contribution in [-0.4, -0.2) is 0 Å². The molecule has 0 saturated carbocycles. The molecule has 7 aromatic carbocycles. The average Bonchev–Trinajstić information content (AvgIpc) is 3.08. The molecule has 0 unspecified atom stereocenters. The Balaban J connectivity index is 1.03. The monoisotopic (exact) mass is 598 g/mol. The van der Waals surface area contributed by atoms with E-state index in [-0.39, 0.29) is 0 Å². The van der Waals surface area contributed by atoms with Gasteiger partial charge in [-0.3, -0.25) is 0 Å². The van der Waals surface area contributed by atoms with E-state index >= 15 is 0 Å². The Bertz CT molecular complexity index is 2310. The largest absolute Gasteiger partial charge is 0.488 e. The van der Waals surface area contributed by atoms with E-state index in [0.717, 1.165) is 89.4 Å². The summed E-state index contributed by atoms with van der Waals surface area (Å²) in [4.78, 5) is 0. The highest BCUT2D eigenvalue weighted by atomic mass is 16.5. The molecular weight excluding hydrogens is 568 g/mol. The van der Waals surface area contributed by atoms with Crippen molar-refractivity contribution < 1.29 is 18.9 Å². The van der Waals surface area contributed by atoms with Crippen molar-refractivity contribution in [2.75, 3.05) is 0 Å². The van der Waals surface area contributed by atoms with Crippen LogP contribution in [0.4, 0.5) is 0 Å². The van der Waals surface area contributed by atoms with Gasteiger partial charge in [-0.1, -0.05) is 84.9 Å². The van der Waals surface area contributed by atoms with Crippen LogP contribution in [0.1, 0.15) is 22.3 Å². The molecule has 46 heavy (non-hydrogen) atoms. The van der Waals surface area contributed by atoms with Gasteiger partial charge in [0.05, 0.1) is 0 Å². The third kappa shape index (κ3) is 4.37. The minimum Gasteiger partial charge on any atom is -0.488 e. The molecule has 11 rings (SSSR count). The van der Waals surface area contributed by atoms with Crippen molar-refractivity contribution in [3.8, 4) is 56.8 Å². The fraction of sp³-hybridized carbons (Fsp3) is 0.0952. The van der Waals surface area contributed by atoms with Crippen LogP contribution >= 0.6 is 0 Å². The predicted molar refractivity (Wildman–Crippen MR) is 183 cm³/mol. The van der Waals surface area contributed by atoms with E-state index in [4.69, 9.17) is 18.9 Å². The van der Waals surface area contributed by atoms with Crippen LogP contribution in [0.3, 0.4) is 0 Å². The second-order valence-corrected chi connectivity index (χ2v) is 12.1. The minimum absolute atomic E-state index is 0.455. The predicted octanol–water partition coefficient (Wildman–Crippen LogP) is 11.3. The minimum atomic E-state index is 0.455. The molecule has 0 atom stereocenters. The molecule has 0 radical (unpaired) electrons. The lowest BCUT2D eigenvalue weighted by Crippen LogP contribution is -2.02. The van der Waals surface area contributed by atoms with E-state index in [0.29, 0.717) is 13.2 Å². The number of aryl methyl sites for hydroxylation is 2. The fourth-order valence-electron chi connectivity index (χ4n) is 6.55. The van der Waals surface area contributed by atoms with Crippen LogP contribution in [0.5, 0.6) is 34.5 Å². The van der Waals surface area contributed by atoms with Gasteiger partial charge >= 0.3 is 0 Å². The molecule has 4 bridgehead atoms. The van der Waals surface area contributed by atoms with Crippen molar-refractivity contribution in [2.45, 2.75) is 27.1 Å². The summed E-state index contributed by atoms with van der Waals surface area (Å²) in [5.74, 6) is 5.48. The number of fused-ring (bicyclic) bond motifs is 6. The second-order valence-electron chi connectivity index (χ2n) is 12.1. The molecule has 222 valence electrons. The van der Waals surface area contributed by atoms with Crippen molar-refractivity contribution in [1.82, 2.24) is 0 Å². The summed E-state index contributed by atoms with van der Waals surface area (Å²) in [6.07, 6.45) is 0. The number of hydrogen-bond donors (Lipinski definition) is 0. The quantitative estimate of drug-likeness (QED) is 0.163. The second kappa shape index (κ2) is 10.4. The Labute approximate surface area is 267 Å². The van der Waals surface area contributed by atoms with Crippen molar-refractivity contribution >= 4 is 21.5 Å². The Hall–Kier alpha value is -5.74. The molecule has 4 nitrogen and oxygen atoms in total. The molecule has 4 heteroatoms. The number of ether oxygens (including phenoxy) is 4. The Kier molecular flexibility index (Phi) is 6.04. The first kappa shape index (κ1) is 26.6. The van der Waals surface area contributed by atoms with Gasteiger partial charge in [0.15, 0.2) is 0 Å². The maximum Gasteiger partial charge on any atom is 0.138 e. The first-order valence-electron chi connectivity index (χ1n) is 15.6. The molecular formula is C42H30O4. The molecule has 0 N–H and O–H groups in total. The highest BCUT2D eigenvalue weighted by molar-refractivity contribution is 6.12. The van der Waals surface area contributed by atoms with Crippen molar-refractivity contribution in [3.05, 3.63) is 144 Å². The molecule has 7 aromatic rings. The SMILES string of the molecule is Cc1ccc2c(OCc3ccc(-c4ccc5cc4O5)cc3)c3ccccc3c(OCc3ccc(-c4ccc5cc4O5)cc3)c2c1C. The summed E-state index contributed by atoms with van der Waals surface area (Å²) in [7, 11) is 0. The van der Waals surface area contributed by atoms with Crippen LogP contribution in [-0.2, 0) is 13.2 Å². The van der Waals surface area contributed by atoms with Crippen LogP contribution in [0.15, 0.2) is 121 Å². The summed E-state index contributed by atoms with van der Waals surface area (Å²) < 4.78 is 24.8. The summed E-state index contributed by atoms with van der Waals surface area (Å²) >= 11 is 0. The van der Waals surface area contributed by atoms with Crippen LogP contribution in [0.25, 0.3) is 43.8 Å². The normalized spacial score (nSPS) is 12.2. The zero-order valence-corrected chi connectivity index (χ0v) is 25.6. The first-order chi connectivity index (χ1) is 22.6. The Morgan fingerprint density at radius 3 is 1.50 bits per heavy atom. The summed E-state index contributed by atoms with van der Waals surface area (Å²) in [6.45, 7) is 5.23. The highest BCUT2D eigenvalue weighted by Crippen LogP contribution is 2.47. The van der Waals surface area contributed by atoms with Gasteiger partial charge in [0.25, 0.3) is 0 Å². The third-order valence-electron chi connectivity index (χ3n) is 9.28. The molecule has 4 aliphatic rings. The average molecular weight is 599 g/mol. The third-order valence-corrected chi connectivity index (χ3v) is 9.28. The number of hydrogen-bond acceptors (Lipinski definition) is 4. The van der Waals surface area contributed by atoms with E-state index in [9.17, 15) is 0 Å². The Morgan fingerprint density at radius 2 is 1.00 bits per heavy atom. The smallest absolute Gasteiger partial charge is 0.138 e. The molecule has 0 aliphatic carbocycles. The molecule has 0 amide bonds. The van der Waals surface area contributed by atoms with Gasteiger partial charge in [-0.05, 0) is 71.5 Å². The topological polar surface area (TPSA) is 36.9 Å². The van der Waals surface area contributed by atoms with Gasteiger partial charge in [0.2, 0.25) is 0 Å². The lowest BCUT2D eigenvalue weighted by atomic mass is 9.95. The van der Waals surface area contributed by atoms with Crippen LogP contribution in [0, 0.1) is 13.8 Å². The zero-order chi connectivity index (χ0) is 30.8. The van der Waals surface area contributed by atoms with Crippen LogP contribution < -0.4 is 18.9 Å². The van der Waals surface area contributed by atoms with E-state index in [1.54, 1.807) is 0 Å². The van der Waals surface area contributed by atoms with Gasteiger partial charge in [-0.15, -0.1) is 0 Å². The summed E-state index contributed by atoms with van der Waals surface area (Å²) in [6, 6.07) is 42.2. The first-order valence-corrected chi connectivity index (χ1v) is 15.6. The number of benzene rings is 7. The molecule has 0 spiro atoms. The van der Waals surface area contributed by atoms with Gasteiger partial charge in [0, 0.05) is 44.8 Å². The van der Waals surface area contributed by atoms with E-state index in [2.05, 4.69) is 123 Å².